The van der Waals surface area contributed by atoms with E-state index in [0.717, 1.165) is 25.0 Å². The lowest BCUT2D eigenvalue weighted by Crippen LogP contribution is -2.36. The molecule has 0 saturated carbocycles. The maximum atomic E-state index is 12.1. The van der Waals surface area contributed by atoms with Gasteiger partial charge in [0.25, 0.3) is 0 Å². The Morgan fingerprint density at radius 3 is 2.96 bits per heavy atom. The molecule has 0 spiro atoms. The second kappa shape index (κ2) is 8.98. The Kier molecular flexibility index (Phi) is 6.44. The van der Waals surface area contributed by atoms with Crippen molar-refractivity contribution in [2.45, 2.75) is 43.0 Å². The number of carboxylic acids is 1. The van der Waals surface area contributed by atoms with Crippen LogP contribution in [0.15, 0.2) is 24.3 Å². The van der Waals surface area contributed by atoms with Crippen molar-refractivity contribution >= 4 is 35.4 Å². The van der Waals surface area contributed by atoms with Crippen LogP contribution in [0.1, 0.15) is 25.7 Å². The predicted octanol–water partition coefficient (Wildman–Crippen LogP) is 1.81. The second-order valence-electron chi connectivity index (χ2n) is 6.63. The van der Waals surface area contributed by atoms with Crippen molar-refractivity contribution < 1.29 is 24.2 Å². The van der Waals surface area contributed by atoms with Crippen molar-refractivity contribution in [3.05, 3.63) is 24.3 Å². The first-order valence-electron chi connectivity index (χ1n) is 8.94. The zero-order valence-corrected chi connectivity index (χ0v) is 15.6. The van der Waals surface area contributed by atoms with Gasteiger partial charge in [0.1, 0.15) is 5.75 Å². The van der Waals surface area contributed by atoms with Gasteiger partial charge in [0.2, 0.25) is 5.91 Å². The Balaban J connectivity index is 1.36. The quantitative estimate of drug-likeness (QED) is 0.376. The standard InChI is InChI=1S/C18H23N3O5S/c22-15(19-11-4-3-5-12(8-11)26-9-16(23)24)7-2-1-6-14-17-13(10-27-14)20-18(25)21-17/h3-5,8,13-14,17H,1-2,6-7,9-10H2,(H,19,22)(H,23,24)(H2,20,21,25)/t13-,14-,17-/m0/s1. The molecule has 146 valence electrons. The minimum Gasteiger partial charge on any atom is -0.482 e. The molecule has 1 aromatic carbocycles. The van der Waals surface area contributed by atoms with Gasteiger partial charge < -0.3 is 25.8 Å². The van der Waals surface area contributed by atoms with Crippen LogP contribution in [0, 0.1) is 0 Å². The second-order valence-corrected chi connectivity index (χ2v) is 7.90. The van der Waals surface area contributed by atoms with E-state index >= 15 is 0 Å². The first-order chi connectivity index (χ1) is 13.0. The van der Waals surface area contributed by atoms with E-state index in [4.69, 9.17) is 9.84 Å². The van der Waals surface area contributed by atoms with Gasteiger partial charge in [-0.25, -0.2) is 9.59 Å². The summed E-state index contributed by atoms with van der Waals surface area (Å²) in [6.07, 6.45) is 3.08. The van der Waals surface area contributed by atoms with Crippen molar-refractivity contribution in [3.8, 4) is 5.75 Å². The highest BCUT2D eigenvalue weighted by Crippen LogP contribution is 2.33. The molecule has 2 aliphatic heterocycles. The van der Waals surface area contributed by atoms with Gasteiger partial charge in [-0.05, 0) is 25.0 Å². The maximum Gasteiger partial charge on any atom is 0.341 e. The summed E-state index contributed by atoms with van der Waals surface area (Å²) in [5, 5.41) is 17.7. The van der Waals surface area contributed by atoms with Crippen molar-refractivity contribution in [1.82, 2.24) is 10.6 Å². The number of unbranched alkanes of at least 4 members (excludes halogenated alkanes) is 1. The number of nitrogens with one attached hydrogen (secondary N) is 3. The van der Waals surface area contributed by atoms with Gasteiger partial charge in [0.15, 0.2) is 6.61 Å². The number of thioether (sulfide) groups is 1. The Morgan fingerprint density at radius 1 is 1.30 bits per heavy atom. The zero-order chi connectivity index (χ0) is 19.2. The fourth-order valence-corrected chi connectivity index (χ4v) is 4.85. The molecule has 27 heavy (non-hydrogen) atoms. The van der Waals surface area contributed by atoms with E-state index < -0.39 is 12.6 Å². The number of carbonyl (C=O) groups excluding carboxylic acids is 2. The summed E-state index contributed by atoms with van der Waals surface area (Å²) in [6.45, 7) is -0.422. The first-order valence-corrected chi connectivity index (χ1v) is 9.99. The van der Waals surface area contributed by atoms with Gasteiger partial charge in [-0.1, -0.05) is 12.5 Å². The summed E-state index contributed by atoms with van der Waals surface area (Å²) in [6, 6.07) is 7.02. The first kappa shape index (κ1) is 19.3. The molecule has 0 unspecified atom stereocenters. The van der Waals surface area contributed by atoms with Crippen LogP contribution in [0.25, 0.3) is 0 Å². The summed E-state index contributed by atoms with van der Waals surface area (Å²) < 4.78 is 5.10. The average molecular weight is 393 g/mol. The smallest absolute Gasteiger partial charge is 0.341 e. The Morgan fingerprint density at radius 2 is 2.15 bits per heavy atom. The highest BCUT2D eigenvalue weighted by molar-refractivity contribution is 8.00. The van der Waals surface area contributed by atoms with Crippen LogP contribution in [-0.4, -0.2) is 52.7 Å². The number of carboxylic acid groups (broad SMARTS) is 1. The molecule has 0 aliphatic carbocycles. The maximum absolute atomic E-state index is 12.1. The van der Waals surface area contributed by atoms with Crippen molar-refractivity contribution in [2.24, 2.45) is 0 Å². The fourth-order valence-electron chi connectivity index (χ4n) is 3.31. The molecule has 0 radical (unpaired) electrons. The number of urea groups is 1. The number of carbonyl (C=O) groups is 3. The number of hydrogen-bond donors (Lipinski definition) is 4. The van der Waals surface area contributed by atoms with Crippen LogP contribution < -0.4 is 20.7 Å². The van der Waals surface area contributed by atoms with Gasteiger partial charge in [-0.3, -0.25) is 4.79 Å². The van der Waals surface area contributed by atoms with Crippen molar-refractivity contribution in [1.29, 1.82) is 0 Å². The van der Waals surface area contributed by atoms with Gasteiger partial charge in [-0.2, -0.15) is 11.8 Å². The lowest BCUT2D eigenvalue weighted by Gasteiger charge is -2.16. The molecule has 3 amide bonds. The van der Waals surface area contributed by atoms with Crippen LogP contribution in [0.3, 0.4) is 0 Å². The Hall–Kier alpha value is -2.42. The molecule has 2 fully saturated rings. The highest BCUT2D eigenvalue weighted by Gasteiger charge is 2.42. The molecule has 2 heterocycles. The molecular weight excluding hydrogens is 370 g/mol. The molecule has 4 N–H and O–H groups in total. The molecule has 0 aromatic heterocycles. The summed E-state index contributed by atoms with van der Waals surface area (Å²) in [5.41, 5.74) is 0.580. The summed E-state index contributed by atoms with van der Waals surface area (Å²) in [5.74, 6) is 0.201. The number of rotatable bonds is 9. The number of anilines is 1. The van der Waals surface area contributed by atoms with E-state index in [9.17, 15) is 14.4 Å². The SMILES string of the molecule is O=C(O)COc1cccc(NC(=O)CCCC[C@@H]2SC[C@@H]3NC(=O)N[C@@H]32)c1. The van der Waals surface area contributed by atoms with Gasteiger partial charge in [-0.15, -0.1) is 0 Å². The molecule has 2 aliphatic rings. The number of ether oxygens (including phenoxy) is 1. The molecule has 2 saturated heterocycles. The molecule has 3 rings (SSSR count). The van der Waals surface area contributed by atoms with Crippen LogP contribution in [-0.2, 0) is 9.59 Å². The highest BCUT2D eigenvalue weighted by atomic mass is 32.2. The van der Waals surface area contributed by atoms with Gasteiger partial charge >= 0.3 is 12.0 Å². The molecule has 0 bridgehead atoms. The van der Waals surface area contributed by atoms with Crippen molar-refractivity contribution in [3.63, 3.8) is 0 Å². The van der Waals surface area contributed by atoms with E-state index in [2.05, 4.69) is 16.0 Å². The minimum absolute atomic E-state index is 0.0794. The number of benzene rings is 1. The Labute approximate surface area is 161 Å². The summed E-state index contributed by atoms with van der Waals surface area (Å²) in [4.78, 5) is 34.0. The minimum atomic E-state index is -1.05. The third kappa shape index (κ3) is 5.53. The number of aliphatic carboxylic acids is 1. The number of fused-ring (bicyclic) bond motifs is 1. The molecular formula is C18H23N3O5S. The summed E-state index contributed by atoms with van der Waals surface area (Å²) >= 11 is 1.87. The fraction of sp³-hybridized carbons (Fsp3) is 0.500. The van der Waals surface area contributed by atoms with E-state index in [1.807, 2.05) is 11.8 Å². The van der Waals surface area contributed by atoms with E-state index in [-0.39, 0.29) is 24.0 Å². The van der Waals surface area contributed by atoms with Crippen LogP contribution in [0.5, 0.6) is 5.75 Å². The topological polar surface area (TPSA) is 117 Å². The number of amides is 3. The Bertz CT molecular complexity index is 714. The van der Waals surface area contributed by atoms with Crippen molar-refractivity contribution in [2.75, 3.05) is 17.7 Å². The third-order valence-corrected chi connectivity index (χ3v) is 6.07. The molecule has 9 heteroatoms. The van der Waals surface area contributed by atoms with Gasteiger partial charge in [0.05, 0.1) is 12.1 Å². The third-order valence-electron chi connectivity index (χ3n) is 4.56. The average Bonchev–Trinajstić information content (AvgIpc) is 3.17. The molecule has 1 aromatic rings. The van der Waals surface area contributed by atoms with E-state index in [1.165, 1.54) is 0 Å². The number of hydrogen-bond acceptors (Lipinski definition) is 5. The molecule has 3 atom stereocenters. The van der Waals surface area contributed by atoms with Gasteiger partial charge in [0, 0.05) is 29.2 Å². The van der Waals surface area contributed by atoms with Crippen LogP contribution in [0.2, 0.25) is 0 Å². The lowest BCUT2D eigenvalue weighted by atomic mass is 10.0. The predicted molar refractivity (Wildman–Crippen MR) is 102 cm³/mol. The van der Waals surface area contributed by atoms with Crippen LogP contribution in [0.4, 0.5) is 10.5 Å². The molecule has 8 nitrogen and oxygen atoms in total. The van der Waals surface area contributed by atoms with E-state index in [1.54, 1.807) is 24.3 Å². The van der Waals surface area contributed by atoms with E-state index in [0.29, 0.717) is 23.1 Å². The zero-order valence-electron chi connectivity index (χ0n) is 14.8. The largest absolute Gasteiger partial charge is 0.482 e. The normalized spacial score (nSPS) is 23.3. The summed E-state index contributed by atoms with van der Waals surface area (Å²) in [7, 11) is 0. The van der Waals surface area contributed by atoms with Crippen LogP contribution >= 0.6 is 11.8 Å². The monoisotopic (exact) mass is 393 g/mol. The lowest BCUT2D eigenvalue weighted by molar-refractivity contribution is -0.139.